The van der Waals surface area contributed by atoms with Crippen LogP contribution in [0.25, 0.3) is 11.1 Å². The Morgan fingerprint density at radius 1 is 0.636 bits per heavy atom. The number of ether oxygens (including phenoxy) is 2. The number of hydrogen-bond donors (Lipinski definition) is 0. The second kappa shape index (κ2) is 10.2. The SMILES string of the molecule is COc1cc(OC)cc(C(=O)N2CCCN(C(=O)c3ccc(-c4ccccc4)cc3)CC2)c1. The molecule has 0 saturated carbocycles. The van der Waals surface area contributed by atoms with Crippen LogP contribution in [0.5, 0.6) is 11.5 Å². The average molecular weight is 445 g/mol. The summed E-state index contributed by atoms with van der Waals surface area (Å²) in [6.07, 6.45) is 0.723. The zero-order valence-electron chi connectivity index (χ0n) is 19.0. The van der Waals surface area contributed by atoms with E-state index in [9.17, 15) is 9.59 Å². The molecular weight excluding hydrogens is 416 g/mol. The predicted molar refractivity (Wildman–Crippen MR) is 128 cm³/mol. The van der Waals surface area contributed by atoms with Gasteiger partial charge in [0.15, 0.2) is 0 Å². The second-order valence-corrected chi connectivity index (χ2v) is 7.98. The van der Waals surface area contributed by atoms with E-state index in [4.69, 9.17) is 9.47 Å². The Bertz CT molecular complexity index is 1090. The molecule has 1 heterocycles. The van der Waals surface area contributed by atoms with E-state index < -0.39 is 0 Å². The van der Waals surface area contributed by atoms with E-state index >= 15 is 0 Å². The molecule has 0 aliphatic carbocycles. The van der Waals surface area contributed by atoms with Crippen molar-refractivity contribution in [2.45, 2.75) is 6.42 Å². The Labute approximate surface area is 194 Å². The van der Waals surface area contributed by atoms with E-state index in [-0.39, 0.29) is 11.8 Å². The lowest BCUT2D eigenvalue weighted by Crippen LogP contribution is -2.37. The van der Waals surface area contributed by atoms with E-state index in [0.29, 0.717) is 48.8 Å². The van der Waals surface area contributed by atoms with Crippen LogP contribution in [0.1, 0.15) is 27.1 Å². The molecule has 1 saturated heterocycles. The molecule has 1 aliphatic rings. The molecule has 170 valence electrons. The smallest absolute Gasteiger partial charge is 0.254 e. The summed E-state index contributed by atoms with van der Waals surface area (Å²) in [5.41, 5.74) is 3.37. The largest absolute Gasteiger partial charge is 0.497 e. The van der Waals surface area contributed by atoms with Gasteiger partial charge in [-0.15, -0.1) is 0 Å². The highest BCUT2D eigenvalue weighted by Gasteiger charge is 2.24. The van der Waals surface area contributed by atoms with E-state index in [1.54, 1.807) is 37.3 Å². The zero-order valence-corrected chi connectivity index (χ0v) is 19.0. The van der Waals surface area contributed by atoms with Crippen LogP contribution in [0.15, 0.2) is 72.8 Å². The van der Waals surface area contributed by atoms with Crippen molar-refractivity contribution in [3.8, 4) is 22.6 Å². The van der Waals surface area contributed by atoms with Gasteiger partial charge in [-0.3, -0.25) is 9.59 Å². The van der Waals surface area contributed by atoms with E-state index in [2.05, 4.69) is 12.1 Å². The molecule has 0 unspecified atom stereocenters. The summed E-state index contributed by atoms with van der Waals surface area (Å²) in [4.78, 5) is 29.8. The lowest BCUT2D eigenvalue weighted by molar-refractivity contribution is 0.0718. The maximum atomic E-state index is 13.1. The summed E-state index contributed by atoms with van der Waals surface area (Å²) >= 11 is 0. The highest BCUT2D eigenvalue weighted by Crippen LogP contribution is 2.24. The maximum Gasteiger partial charge on any atom is 0.254 e. The molecule has 0 atom stereocenters. The molecule has 3 aromatic rings. The van der Waals surface area contributed by atoms with Gasteiger partial charge >= 0.3 is 0 Å². The molecule has 2 amide bonds. The van der Waals surface area contributed by atoms with Crippen LogP contribution in [-0.2, 0) is 0 Å². The molecule has 0 aromatic heterocycles. The Balaban J connectivity index is 1.42. The van der Waals surface area contributed by atoms with Gasteiger partial charge in [0, 0.05) is 43.4 Å². The number of hydrogen-bond acceptors (Lipinski definition) is 4. The number of carbonyl (C=O) groups excluding carboxylic acids is 2. The summed E-state index contributed by atoms with van der Waals surface area (Å²) in [6.45, 7) is 2.18. The Morgan fingerprint density at radius 2 is 1.15 bits per heavy atom. The van der Waals surface area contributed by atoms with Crippen LogP contribution >= 0.6 is 0 Å². The second-order valence-electron chi connectivity index (χ2n) is 7.98. The molecule has 0 bridgehead atoms. The minimum Gasteiger partial charge on any atom is -0.497 e. The third-order valence-corrected chi connectivity index (χ3v) is 5.91. The van der Waals surface area contributed by atoms with Gasteiger partial charge in [-0.1, -0.05) is 42.5 Å². The molecule has 1 fully saturated rings. The van der Waals surface area contributed by atoms with E-state index in [0.717, 1.165) is 17.5 Å². The minimum atomic E-state index is -0.0892. The molecule has 6 heteroatoms. The summed E-state index contributed by atoms with van der Waals surface area (Å²) in [5.74, 6) is 1.05. The number of amides is 2. The number of benzene rings is 3. The maximum absolute atomic E-state index is 13.1. The number of nitrogens with zero attached hydrogens (tertiary/aromatic N) is 2. The van der Waals surface area contributed by atoms with Crippen molar-refractivity contribution in [2.75, 3.05) is 40.4 Å². The molecule has 33 heavy (non-hydrogen) atoms. The fourth-order valence-corrected chi connectivity index (χ4v) is 4.06. The first-order chi connectivity index (χ1) is 16.1. The van der Waals surface area contributed by atoms with Crippen molar-refractivity contribution in [3.63, 3.8) is 0 Å². The van der Waals surface area contributed by atoms with Crippen LogP contribution in [0, 0.1) is 0 Å². The molecule has 0 spiro atoms. The van der Waals surface area contributed by atoms with Crippen molar-refractivity contribution >= 4 is 11.8 Å². The Hall–Kier alpha value is -3.80. The first-order valence-electron chi connectivity index (χ1n) is 11.1. The van der Waals surface area contributed by atoms with Gasteiger partial charge in [0.1, 0.15) is 11.5 Å². The zero-order chi connectivity index (χ0) is 23.2. The lowest BCUT2D eigenvalue weighted by atomic mass is 10.0. The fourth-order valence-electron chi connectivity index (χ4n) is 4.06. The molecule has 4 rings (SSSR count). The first kappa shape index (κ1) is 22.4. The third kappa shape index (κ3) is 5.17. The summed E-state index contributed by atoms with van der Waals surface area (Å²) in [5, 5.41) is 0. The molecule has 0 radical (unpaired) electrons. The number of rotatable bonds is 5. The summed E-state index contributed by atoms with van der Waals surface area (Å²) in [7, 11) is 3.12. The summed E-state index contributed by atoms with van der Waals surface area (Å²) in [6, 6.07) is 23.0. The topological polar surface area (TPSA) is 59.1 Å². The van der Waals surface area contributed by atoms with Crippen LogP contribution in [0.4, 0.5) is 0 Å². The molecule has 1 aliphatic heterocycles. The third-order valence-electron chi connectivity index (χ3n) is 5.91. The van der Waals surface area contributed by atoms with Gasteiger partial charge in [0.05, 0.1) is 14.2 Å². The van der Waals surface area contributed by atoms with Gasteiger partial charge in [0.25, 0.3) is 11.8 Å². The van der Waals surface area contributed by atoms with Crippen LogP contribution in [0.2, 0.25) is 0 Å². The quantitative estimate of drug-likeness (QED) is 0.587. The fraction of sp³-hybridized carbons (Fsp3) is 0.259. The summed E-state index contributed by atoms with van der Waals surface area (Å²) < 4.78 is 10.6. The van der Waals surface area contributed by atoms with Crippen molar-refractivity contribution in [2.24, 2.45) is 0 Å². The van der Waals surface area contributed by atoms with Gasteiger partial charge < -0.3 is 19.3 Å². The highest BCUT2D eigenvalue weighted by molar-refractivity contribution is 5.96. The molecular formula is C27H28N2O4. The van der Waals surface area contributed by atoms with Gasteiger partial charge in [0.2, 0.25) is 0 Å². The van der Waals surface area contributed by atoms with Crippen LogP contribution < -0.4 is 9.47 Å². The predicted octanol–water partition coefficient (Wildman–Crippen LogP) is 4.36. The van der Waals surface area contributed by atoms with Crippen molar-refractivity contribution in [3.05, 3.63) is 83.9 Å². The first-order valence-corrected chi connectivity index (χ1v) is 11.1. The van der Waals surface area contributed by atoms with Gasteiger partial charge in [-0.2, -0.15) is 0 Å². The molecule has 0 N–H and O–H groups in total. The Morgan fingerprint density at radius 3 is 1.70 bits per heavy atom. The highest BCUT2D eigenvalue weighted by atomic mass is 16.5. The lowest BCUT2D eigenvalue weighted by Gasteiger charge is -2.23. The number of carbonyl (C=O) groups is 2. The van der Waals surface area contributed by atoms with Crippen molar-refractivity contribution in [1.29, 1.82) is 0 Å². The van der Waals surface area contributed by atoms with Crippen LogP contribution in [0.3, 0.4) is 0 Å². The van der Waals surface area contributed by atoms with Crippen LogP contribution in [-0.4, -0.2) is 62.0 Å². The van der Waals surface area contributed by atoms with Gasteiger partial charge in [-0.25, -0.2) is 0 Å². The average Bonchev–Trinajstić information content (AvgIpc) is 3.14. The van der Waals surface area contributed by atoms with Gasteiger partial charge in [-0.05, 0) is 41.8 Å². The van der Waals surface area contributed by atoms with Crippen molar-refractivity contribution < 1.29 is 19.1 Å². The molecule has 6 nitrogen and oxygen atoms in total. The Kier molecular flexibility index (Phi) is 6.93. The standard InChI is InChI=1S/C27H28N2O4/c1-32-24-17-23(18-25(19-24)33-2)27(31)29-14-6-13-28(15-16-29)26(30)22-11-9-21(10-12-22)20-7-4-3-5-8-20/h3-5,7-12,17-19H,6,13-16H2,1-2H3. The molecule has 3 aromatic carbocycles. The monoisotopic (exact) mass is 444 g/mol. The number of methoxy groups -OCH3 is 2. The minimum absolute atomic E-state index is 0.00744. The van der Waals surface area contributed by atoms with E-state index in [1.807, 2.05) is 47.4 Å². The normalized spacial score (nSPS) is 13.9. The van der Waals surface area contributed by atoms with E-state index in [1.165, 1.54) is 0 Å². The van der Waals surface area contributed by atoms with Crippen molar-refractivity contribution in [1.82, 2.24) is 9.80 Å².